The summed E-state index contributed by atoms with van der Waals surface area (Å²) in [6, 6.07) is 13.6. The number of alkyl carbamates (subject to hydrolysis) is 1. The number of halogens is 2. The van der Waals surface area contributed by atoms with E-state index in [0.717, 1.165) is 34.1 Å². The van der Waals surface area contributed by atoms with E-state index in [9.17, 15) is 14.9 Å². The monoisotopic (exact) mass is 705 g/mol. The summed E-state index contributed by atoms with van der Waals surface area (Å²) in [6.07, 6.45) is 1.98. The number of aromatic amines is 1. The topological polar surface area (TPSA) is 158 Å². The van der Waals surface area contributed by atoms with Crippen molar-refractivity contribution >= 4 is 46.1 Å². The number of ether oxygens (including phenoxy) is 1. The van der Waals surface area contributed by atoms with Crippen molar-refractivity contribution in [1.82, 2.24) is 31.1 Å². The van der Waals surface area contributed by atoms with Crippen molar-refractivity contribution in [3.63, 3.8) is 0 Å². The average molecular weight is 707 g/mol. The van der Waals surface area contributed by atoms with Crippen molar-refractivity contribution in [3.8, 4) is 6.07 Å². The number of benzene rings is 2. The molecule has 4 aromatic rings. The molecule has 0 bridgehead atoms. The van der Waals surface area contributed by atoms with Gasteiger partial charge in [-0.25, -0.2) is 4.79 Å². The second-order valence-corrected chi connectivity index (χ2v) is 13.6. The Morgan fingerprint density at radius 3 is 2.55 bits per heavy atom. The summed E-state index contributed by atoms with van der Waals surface area (Å²) in [7, 11) is 0. The van der Waals surface area contributed by atoms with Crippen LogP contribution in [0.2, 0.25) is 10.0 Å². The number of carbonyl (C=O) groups is 2. The molecular weight excluding hydrogens is 665 g/mol. The van der Waals surface area contributed by atoms with E-state index in [1.165, 1.54) is 0 Å². The van der Waals surface area contributed by atoms with Gasteiger partial charge in [0.15, 0.2) is 0 Å². The largest absolute Gasteiger partial charge is 0.445 e. The summed E-state index contributed by atoms with van der Waals surface area (Å²) < 4.78 is 11.0. The van der Waals surface area contributed by atoms with Gasteiger partial charge in [-0.3, -0.25) is 4.79 Å². The van der Waals surface area contributed by atoms with E-state index < -0.39 is 23.7 Å². The summed E-state index contributed by atoms with van der Waals surface area (Å²) >= 11 is 13.0. The Morgan fingerprint density at radius 1 is 1.14 bits per heavy atom. The molecule has 2 aromatic heterocycles. The van der Waals surface area contributed by atoms with Crippen LogP contribution >= 0.6 is 23.2 Å². The van der Waals surface area contributed by atoms with Crippen molar-refractivity contribution in [2.75, 3.05) is 0 Å². The summed E-state index contributed by atoms with van der Waals surface area (Å²) in [5.41, 5.74) is 2.72. The Labute approximate surface area is 295 Å². The maximum atomic E-state index is 14.7. The van der Waals surface area contributed by atoms with Crippen molar-refractivity contribution in [1.29, 1.82) is 5.26 Å². The molecule has 1 aliphatic rings. The van der Waals surface area contributed by atoms with E-state index in [1.54, 1.807) is 6.07 Å². The number of nitriles is 1. The van der Waals surface area contributed by atoms with Gasteiger partial charge in [-0.1, -0.05) is 101 Å². The highest BCUT2D eigenvalue weighted by atomic mass is 35.5. The van der Waals surface area contributed by atoms with Gasteiger partial charge in [0.1, 0.15) is 24.3 Å². The number of aromatic nitrogens is 3. The van der Waals surface area contributed by atoms with Gasteiger partial charge in [0.2, 0.25) is 11.8 Å². The van der Waals surface area contributed by atoms with E-state index in [2.05, 4.69) is 37.7 Å². The molecule has 13 heteroatoms. The molecule has 5 atom stereocenters. The number of hydrogen-bond donors (Lipinski definition) is 4. The molecule has 2 unspecified atom stereocenters. The SMILES string of the molecule is C=C(N[C@]1(C(=O)N[C@H](c2nc(C#N)no2)C(C)CC)CCc2[nH]c3c(Cl)cc(Cl)cc3c2C1)[C@@H](NC(=O)OCc1ccccc1)C(C)CC. The molecule has 0 aliphatic heterocycles. The van der Waals surface area contributed by atoms with Crippen LogP contribution in [0.4, 0.5) is 4.79 Å². The molecule has 258 valence electrons. The Bertz CT molecular complexity index is 1870. The van der Waals surface area contributed by atoms with Gasteiger partial charge >= 0.3 is 6.09 Å². The molecule has 0 radical (unpaired) electrons. The number of aryl methyl sites for hydroxylation is 1. The van der Waals surface area contributed by atoms with Crippen LogP contribution in [-0.2, 0) is 29.0 Å². The second kappa shape index (κ2) is 15.3. The molecular formula is C36H41Cl2N7O4. The van der Waals surface area contributed by atoms with Crippen LogP contribution in [0.1, 0.15) is 81.5 Å². The lowest BCUT2D eigenvalue weighted by Crippen LogP contribution is -2.62. The van der Waals surface area contributed by atoms with Crippen molar-refractivity contribution in [2.45, 2.75) is 84.0 Å². The van der Waals surface area contributed by atoms with Gasteiger partial charge in [0.25, 0.3) is 5.82 Å². The fourth-order valence-corrected chi connectivity index (χ4v) is 6.82. The molecule has 2 amide bonds. The molecule has 2 aromatic carbocycles. The molecule has 0 fully saturated rings. The zero-order chi connectivity index (χ0) is 35.3. The molecule has 5 rings (SSSR count). The lowest BCUT2D eigenvalue weighted by atomic mass is 9.77. The Balaban J connectivity index is 1.48. The molecule has 4 N–H and O–H groups in total. The van der Waals surface area contributed by atoms with Crippen molar-refractivity contribution in [3.05, 3.63) is 93.3 Å². The first-order valence-corrected chi connectivity index (χ1v) is 17.2. The van der Waals surface area contributed by atoms with E-state index >= 15 is 0 Å². The number of nitrogens with zero attached hydrogens (tertiary/aromatic N) is 3. The molecule has 1 aliphatic carbocycles. The normalized spacial score (nSPS) is 18.0. The second-order valence-electron chi connectivity index (χ2n) is 12.8. The number of hydrogen-bond acceptors (Lipinski definition) is 8. The van der Waals surface area contributed by atoms with Crippen LogP contribution in [-0.4, -0.2) is 38.7 Å². The summed E-state index contributed by atoms with van der Waals surface area (Å²) in [5, 5.41) is 24.5. The number of amides is 2. The van der Waals surface area contributed by atoms with Crippen LogP contribution in [0, 0.1) is 23.2 Å². The van der Waals surface area contributed by atoms with Crippen LogP contribution in [0.3, 0.4) is 0 Å². The first kappa shape index (κ1) is 35.8. The smallest absolute Gasteiger partial charge is 0.408 e. The maximum absolute atomic E-state index is 14.7. The number of rotatable bonds is 13. The quantitative estimate of drug-likeness (QED) is 0.113. The van der Waals surface area contributed by atoms with Crippen LogP contribution in [0.15, 0.2) is 59.3 Å². The third kappa shape index (κ3) is 7.87. The minimum absolute atomic E-state index is 0.0510. The minimum atomic E-state index is -1.22. The van der Waals surface area contributed by atoms with Gasteiger partial charge in [0, 0.05) is 28.2 Å². The number of carbonyl (C=O) groups excluding carboxylic acids is 2. The van der Waals surface area contributed by atoms with Crippen LogP contribution in [0.5, 0.6) is 0 Å². The standard InChI is InChI=1S/C36H41Cl2N7O4/c1-6-20(3)30(43-35(47)48-19-23-11-9-8-10-12-23)22(5)44-36(34(46)42-31(21(4)7-2)33-41-29(18-39)45-49-33)14-13-28-26(17-36)25-15-24(37)16-27(38)32(25)40-28/h8-12,15-16,20-21,30-31,40,44H,5-7,13-14,17,19H2,1-4H3,(H,42,46)(H,43,47)/t20?,21?,30-,31-,36+/m0/s1. The molecule has 0 saturated carbocycles. The Kier molecular flexibility index (Phi) is 11.2. The highest BCUT2D eigenvalue weighted by Gasteiger charge is 2.45. The van der Waals surface area contributed by atoms with Gasteiger partial charge in [-0.15, -0.1) is 0 Å². The van der Waals surface area contributed by atoms with Gasteiger partial charge in [-0.05, 0) is 53.1 Å². The molecule has 0 spiro atoms. The number of nitrogens with one attached hydrogen (secondary N) is 4. The van der Waals surface area contributed by atoms with E-state index in [4.69, 9.17) is 32.5 Å². The first-order chi connectivity index (χ1) is 23.5. The molecule has 11 nitrogen and oxygen atoms in total. The fourth-order valence-electron chi connectivity index (χ4n) is 6.28. The summed E-state index contributed by atoms with van der Waals surface area (Å²) in [6.45, 7) is 12.5. The highest BCUT2D eigenvalue weighted by Crippen LogP contribution is 2.39. The van der Waals surface area contributed by atoms with Gasteiger partial charge < -0.3 is 30.2 Å². The number of H-pyrrole nitrogens is 1. The molecule has 2 heterocycles. The van der Waals surface area contributed by atoms with E-state index in [-0.39, 0.29) is 42.5 Å². The van der Waals surface area contributed by atoms with Crippen LogP contribution in [0.25, 0.3) is 10.9 Å². The number of fused-ring (bicyclic) bond motifs is 3. The highest BCUT2D eigenvalue weighted by molar-refractivity contribution is 6.38. The lowest BCUT2D eigenvalue weighted by molar-refractivity contribution is -0.129. The predicted molar refractivity (Wildman–Crippen MR) is 188 cm³/mol. The summed E-state index contributed by atoms with van der Waals surface area (Å²) in [4.78, 5) is 35.5. The molecule has 0 saturated heterocycles. The van der Waals surface area contributed by atoms with Crippen LogP contribution < -0.4 is 16.0 Å². The average Bonchev–Trinajstić information content (AvgIpc) is 3.73. The minimum Gasteiger partial charge on any atom is -0.445 e. The zero-order valence-electron chi connectivity index (χ0n) is 28.0. The summed E-state index contributed by atoms with van der Waals surface area (Å²) in [5.74, 6) is -0.441. The third-order valence-electron chi connectivity index (χ3n) is 9.52. The Morgan fingerprint density at radius 2 is 1.88 bits per heavy atom. The molecule has 49 heavy (non-hydrogen) atoms. The Hall–Kier alpha value is -4.53. The van der Waals surface area contributed by atoms with Crippen molar-refractivity contribution in [2.24, 2.45) is 11.8 Å². The van der Waals surface area contributed by atoms with E-state index in [1.807, 2.05) is 70.2 Å². The van der Waals surface area contributed by atoms with Gasteiger partial charge in [-0.2, -0.15) is 10.2 Å². The van der Waals surface area contributed by atoms with Crippen molar-refractivity contribution < 1.29 is 18.8 Å². The zero-order valence-corrected chi connectivity index (χ0v) is 29.5. The third-order valence-corrected chi connectivity index (χ3v) is 10.0. The maximum Gasteiger partial charge on any atom is 0.408 e. The first-order valence-electron chi connectivity index (χ1n) is 16.5. The van der Waals surface area contributed by atoms with Gasteiger partial charge in [0.05, 0.1) is 16.6 Å². The lowest BCUT2D eigenvalue weighted by Gasteiger charge is -2.41. The predicted octanol–water partition coefficient (Wildman–Crippen LogP) is 7.30. The van der Waals surface area contributed by atoms with E-state index in [0.29, 0.717) is 35.0 Å². The fraction of sp³-hybridized carbons (Fsp3) is 0.417.